The summed E-state index contributed by atoms with van der Waals surface area (Å²) in [5.41, 5.74) is 2.78. The third-order valence-corrected chi connectivity index (χ3v) is 4.98. The van der Waals surface area contributed by atoms with E-state index < -0.39 is 0 Å². The first-order valence-electron chi connectivity index (χ1n) is 9.08. The average Bonchev–Trinajstić information content (AvgIpc) is 3.42. The first-order valence-corrected chi connectivity index (χ1v) is 9.08. The molecule has 0 saturated heterocycles. The van der Waals surface area contributed by atoms with Crippen LogP contribution < -0.4 is 23.7 Å². The van der Waals surface area contributed by atoms with Crippen molar-refractivity contribution in [3.8, 4) is 28.7 Å². The van der Waals surface area contributed by atoms with Crippen LogP contribution in [0, 0.1) is 0 Å². The Labute approximate surface area is 167 Å². The standard InChI is InChI=1S/C21H21NO7/c1-24-13-6-4-12(5-7-13)17-9-14(29-22-17)8-15-16(10-23)19(26-3)21-20(18(15)25-2)27-11-28-21/h4-7,10,14H,8-9,11H2,1-3H3. The molecule has 29 heavy (non-hydrogen) atoms. The fraction of sp³-hybridized carbons (Fsp3) is 0.333. The van der Waals surface area contributed by atoms with Gasteiger partial charge in [-0.3, -0.25) is 4.79 Å². The first kappa shape index (κ1) is 18.9. The molecule has 2 aromatic carbocycles. The predicted molar refractivity (Wildman–Crippen MR) is 104 cm³/mol. The number of hydrogen-bond donors (Lipinski definition) is 0. The van der Waals surface area contributed by atoms with Crippen molar-refractivity contribution >= 4 is 12.0 Å². The summed E-state index contributed by atoms with van der Waals surface area (Å²) >= 11 is 0. The summed E-state index contributed by atoms with van der Waals surface area (Å²) < 4.78 is 27.2. The Morgan fingerprint density at radius 3 is 2.34 bits per heavy atom. The molecule has 1 unspecified atom stereocenters. The van der Waals surface area contributed by atoms with E-state index in [1.54, 1.807) is 7.11 Å². The van der Waals surface area contributed by atoms with Gasteiger partial charge in [0.25, 0.3) is 0 Å². The summed E-state index contributed by atoms with van der Waals surface area (Å²) in [7, 11) is 4.63. The Balaban J connectivity index is 1.61. The van der Waals surface area contributed by atoms with Crippen LogP contribution >= 0.6 is 0 Å². The van der Waals surface area contributed by atoms with Crippen LogP contribution in [0.25, 0.3) is 0 Å². The number of hydrogen-bond acceptors (Lipinski definition) is 8. The van der Waals surface area contributed by atoms with E-state index in [0.717, 1.165) is 23.3 Å². The summed E-state index contributed by atoms with van der Waals surface area (Å²) in [6.07, 6.45) is 1.46. The molecule has 0 bridgehead atoms. The van der Waals surface area contributed by atoms with Gasteiger partial charge in [0, 0.05) is 18.4 Å². The van der Waals surface area contributed by atoms with Gasteiger partial charge in [0.05, 0.1) is 32.6 Å². The molecule has 0 fully saturated rings. The monoisotopic (exact) mass is 399 g/mol. The minimum absolute atomic E-state index is 0.0362. The lowest BCUT2D eigenvalue weighted by Crippen LogP contribution is -2.15. The van der Waals surface area contributed by atoms with Gasteiger partial charge < -0.3 is 28.5 Å². The van der Waals surface area contributed by atoms with E-state index in [0.29, 0.717) is 47.0 Å². The SMILES string of the molecule is COc1ccc(C2=NOC(Cc3c(C=O)c(OC)c4c(c3OC)OCO4)C2)cc1. The van der Waals surface area contributed by atoms with E-state index in [9.17, 15) is 4.79 Å². The van der Waals surface area contributed by atoms with Crippen molar-refractivity contribution in [1.29, 1.82) is 0 Å². The van der Waals surface area contributed by atoms with E-state index in [1.165, 1.54) is 14.2 Å². The van der Waals surface area contributed by atoms with Crippen molar-refractivity contribution in [3.05, 3.63) is 41.0 Å². The zero-order valence-electron chi connectivity index (χ0n) is 16.4. The molecule has 2 aliphatic heterocycles. The van der Waals surface area contributed by atoms with E-state index in [4.69, 9.17) is 28.5 Å². The fourth-order valence-electron chi connectivity index (χ4n) is 3.60. The second-order valence-corrected chi connectivity index (χ2v) is 6.54. The van der Waals surface area contributed by atoms with E-state index in [1.807, 2.05) is 24.3 Å². The molecule has 0 spiro atoms. The van der Waals surface area contributed by atoms with E-state index in [-0.39, 0.29) is 12.9 Å². The molecule has 4 rings (SSSR count). The highest BCUT2D eigenvalue weighted by Gasteiger charge is 2.34. The Kier molecular flexibility index (Phi) is 5.16. The highest BCUT2D eigenvalue weighted by Crippen LogP contribution is 2.52. The van der Waals surface area contributed by atoms with E-state index >= 15 is 0 Å². The maximum absolute atomic E-state index is 11.9. The normalized spacial score (nSPS) is 16.8. The summed E-state index contributed by atoms with van der Waals surface area (Å²) in [5.74, 6) is 2.36. The first-order chi connectivity index (χ1) is 14.2. The number of rotatable bonds is 7. The minimum atomic E-state index is -0.259. The van der Waals surface area contributed by atoms with Crippen LogP contribution in [0.5, 0.6) is 28.7 Å². The number of carbonyl (C=O) groups is 1. The molecule has 8 heteroatoms. The Morgan fingerprint density at radius 1 is 1.03 bits per heavy atom. The molecule has 2 aromatic rings. The maximum Gasteiger partial charge on any atom is 0.231 e. The number of aldehydes is 1. The molecule has 0 N–H and O–H groups in total. The summed E-state index contributed by atoms with van der Waals surface area (Å²) in [6, 6.07) is 7.62. The highest BCUT2D eigenvalue weighted by atomic mass is 16.7. The quantitative estimate of drug-likeness (QED) is 0.662. The largest absolute Gasteiger partial charge is 0.497 e. The van der Waals surface area contributed by atoms with Gasteiger partial charge in [-0.25, -0.2) is 0 Å². The lowest BCUT2D eigenvalue weighted by atomic mass is 9.95. The van der Waals surface area contributed by atoms with Crippen LogP contribution in [0.3, 0.4) is 0 Å². The lowest BCUT2D eigenvalue weighted by molar-refractivity contribution is 0.0850. The van der Waals surface area contributed by atoms with Crippen LogP contribution in [-0.2, 0) is 11.3 Å². The molecular weight excluding hydrogens is 378 g/mol. The average molecular weight is 399 g/mol. The van der Waals surface area contributed by atoms with Gasteiger partial charge in [-0.15, -0.1) is 0 Å². The topological polar surface area (TPSA) is 84.8 Å². The molecular formula is C21H21NO7. The molecule has 0 saturated carbocycles. The number of fused-ring (bicyclic) bond motifs is 1. The van der Waals surface area contributed by atoms with Crippen LogP contribution in [0.4, 0.5) is 0 Å². The predicted octanol–water partition coefficient (Wildman–Crippen LogP) is 2.99. The summed E-state index contributed by atoms with van der Waals surface area (Å²) in [4.78, 5) is 17.5. The Hall–Kier alpha value is -3.42. The number of oxime groups is 1. The lowest BCUT2D eigenvalue weighted by Gasteiger charge is -2.18. The highest BCUT2D eigenvalue weighted by molar-refractivity contribution is 6.01. The number of nitrogens with zero attached hydrogens (tertiary/aromatic N) is 1. The number of carbonyl (C=O) groups excluding carboxylic acids is 1. The van der Waals surface area contributed by atoms with Crippen LogP contribution in [0.2, 0.25) is 0 Å². The Bertz CT molecular complexity index is 953. The summed E-state index contributed by atoms with van der Waals surface area (Å²) in [6.45, 7) is 0.0362. The molecule has 1 atom stereocenters. The Morgan fingerprint density at radius 2 is 1.72 bits per heavy atom. The third-order valence-electron chi connectivity index (χ3n) is 4.98. The van der Waals surface area contributed by atoms with E-state index in [2.05, 4.69) is 5.16 Å². The van der Waals surface area contributed by atoms with Gasteiger partial charge in [0.2, 0.25) is 18.3 Å². The minimum Gasteiger partial charge on any atom is -0.497 e. The number of ether oxygens (including phenoxy) is 5. The molecule has 8 nitrogen and oxygen atoms in total. The zero-order valence-corrected chi connectivity index (χ0v) is 16.4. The smallest absolute Gasteiger partial charge is 0.231 e. The fourth-order valence-corrected chi connectivity index (χ4v) is 3.60. The van der Waals surface area contributed by atoms with Gasteiger partial charge in [-0.2, -0.15) is 0 Å². The van der Waals surface area contributed by atoms with Crippen molar-refractivity contribution in [2.24, 2.45) is 5.16 Å². The molecule has 0 radical (unpaired) electrons. The second kappa shape index (κ2) is 7.90. The van der Waals surface area contributed by atoms with Gasteiger partial charge in [-0.05, 0) is 29.8 Å². The zero-order chi connectivity index (χ0) is 20.4. The molecule has 2 heterocycles. The molecule has 0 aliphatic carbocycles. The van der Waals surface area contributed by atoms with Crippen LogP contribution in [-0.4, -0.2) is 46.2 Å². The van der Waals surface area contributed by atoms with Crippen LogP contribution in [0.1, 0.15) is 27.9 Å². The molecule has 0 aromatic heterocycles. The third kappa shape index (κ3) is 3.30. The molecule has 2 aliphatic rings. The van der Waals surface area contributed by atoms with Crippen molar-refractivity contribution in [1.82, 2.24) is 0 Å². The molecule has 152 valence electrons. The van der Waals surface area contributed by atoms with Crippen molar-refractivity contribution in [2.75, 3.05) is 28.1 Å². The van der Waals surface area contributed by atoms with Gasteiger partial charge in [0.1, 0.15) is 11.9 Å². The summed E-state index contributed by atoms with van der Waals surface area (Å²) in [5, 5.41) is 4.22. The van der Waals surface area contributed by atoms with Gasteiger partial charge >= 0.3 is 0 Å². The second-order valence-electron chi connectivity index (χ2n) is 6.54. The van der Waals surface area contributed by atoms with Gasteiger partial charge in [-0.1, -0.05) is 5.16 Å². The van der Waals surface area contributed by atoms with Crippen LogP contribution in [0.15, 0.2) is 29.4 Å². The number of methoxy groups -OCH3 is 3. The number of benzene rings is 2. The maximum atomic E-state index is 11.9. The van der Waals surface area contributed by atoms with Crippen molar-refractivity contribution in [3.63, 3.8) is 0 Å². The van der Waals surface area contributed by atoms with Crippen molar-refractivity contribution < 1.29 is 33.3 Å². The molecule has 0 amide bonds. The van der Waals surface area contributed by atoms with Gasteiger partial charge in [0.15, 0.2) is 17.8 Å². The van der Waals surface area contributed by atoms with Crippen molar-refractivity contribution in [2.45, 2.75) is 18.9 Å².